The van der Waals surface area contributed by atoms with E-state index in [0.717, 1.165) is 27.2 Å². The quantitative estimate of drug-likeness (QED) is 0.487. The molecule has 36 heavy (non-hydrogen) atoms. The van der Waals surface area contributed by atoms with Crippen molar-refractivity contribution in [3.63, 3.8) is 0 Å². The number of rotatable bonds is 7. The van der Waals surface area contributed by atoms with E-state index in [2.05, 4.69) is 31.1 Å². The fraction of sp³-hybridized carbons (Fsp3) is 0.440. The lowest BCUT2D eigenvalue weighted by Gasteiger charge is -2.71. The number of aliphatic imine (C=N–C) groups is 1. The van der Waals surface area contributed by atoms with Gasteiger partial charge in [0.05, 0.1) is 25.9 Å². The number of hydrogen-bond acceptors (Lipinski definition) is 9. The van der Waals surface area contributed by atoms with Crippen molar-refractivity contribution in [3.8, 4) is 0 Å². The number of nitrogens with zero attached hydrogens (tertiary/aromatic N) is 3. The van der Waals surface area contributed by atoms with Crippen molar-refractivity contribution in [3.05, 3.63) is 62.2 Å². The van der Waals surface area contributed by atoms with Crippen molar-refractivity contribution in [2.24, 2.45) is 16.3 Å². The molecular weight excluding hydrogens is 548 g/mol. The predicted octanol–water partition coefficient (Wildman–Crippen LogP) is 2.99. The van der Waals surface area contributed by atoms with Gasteiger partial charge in [-0.25, -0.2) is 9.78 Å². The molecule has 5 atom stereocenters. The minimum Gasteiger partial charge on any atom is -0.481 e. The van der Waals surface area contributed by atoms with Crippen LogP contribution in [0, 0.1) is 11.3 Å². The lowest BCUT2D eigenvalue weighted by molar-refractivity contribution is -0.222. The van der Waals surface area contributed by atoms with Crippen LogP contribution in [0.3, 0.4) is 0 Å². The summed E-state index contributed by atoms with van der Waals surface area (Å²) >= 11 is 5.11. The zero-order valence-corrected chi connectivity index (χ0v) is 21.9. The number of aromatic nitrogens is 1. The van der Waals surface area contributed by atoms with Gasteiger partial charge in [0.15, 0.2) is 10.8 Å². The number of halogens is 1. The molecule has 1 aromatic heterocycles. The lowest BCUT2D eigenvalue weighted by Crippen LogP contribution is -2.80. The summed E-state index contributed by atoms with van der Waals surface area (Å²) in [6, 6.07) is 7.50. The Morgan fingerprint density at radius 1 is 1.36 bits per heavy atom. The third-order valence-corrected chi connectivity index (χ3v) is 9.57. The van der Waals surface area contributed by atoms with Gasteiger partial charge in [0.2, 0.25) is 0 Å². The van der Waals surface area contributed by atoms with Gasteiger partial charge in [0.25, 0.3) is 0 Å². The number of ether oxygens (including phenoxy) is 2. The Hall–Kier alpha value is -2.60. The highest BCUT2D eigenvalue weighted by Crippen LogP contribution is 2.65. The number of esters is 1. The molecule has 2 aromatic rings. The first kappa shape index (κ1) is 23.8. The maximum Gasteiger partial charge on any atom is 0.338 e. The third kappa shape index (κ3) is 3.55. The minimum atomic E-state index is -0.762. The number of nitrogens with one attached hydrogen (secondary N) is 1. The van der Waals surface area contributed by atoms with Crippen LogP contribution in [-0.4, -0.2) is 71.7 Å². The summed E-state index contributed by atoms with van der Waals surface area (Å²) in [6.07, 6.45) is 2.71. The summed E-state index contributed by atoms with van der Waals surface area (Å²) in [6.45, 7) is 1.64. The van der Waals surface area contributed by atoms with Crippen molar-refractivity contribution in [2.45, 2.75) is 31.0 Å². The van der Waals surface area contributed by atoms with Gasteiger partial charge in [-0.1, -0.05) is 34.1 Å². The molecule has 11 heteroatoms. The van der Waals surface area contributed by atoms with Crippen LogP contribution in [0.5, 0.6) is 0 Å². The highest BCUT2D eigenvalue weighted by Gasteiger charge is 2.73. The third-order valence-electron chi connectivity index (χ3n) is 8.06. The SMILES string of the molecule is COC(=O)C1=C(CN2C3COCC34C(CC(=O)O)CC24)NC(c2nccs2)=N[C@H]1c1ccccc1Br. The zero-order valence-electron chi connectivity index (χ0n) is 19.5. The molecule has 1 saturated carbocycles. The number of thiazole rings is 1. The second kappa shape index (κ2) is 9.05. The molecule has 1 aliphatic carbocycles. The number of amidine groups is 1. The van der Waals surface area contributed by atoms with Crippen LogP contribution >= 0.6 is 27.3 Å². The number of benzene rings is 1. The maximum atomic E-state index is 13.2. The van der Waals surface area contributed by atoms with Crippen molar-refractivity contribution in [1.29, 1.82) is 0 Å². The van der Waals surface area contributed by atoms with Crippen LogP contribution in [0.15, 0.2) is 56.6 Å². The number of piperidine rings is 1. The van der Waals surface area contributed by atoms with Gasteiger partial charge in [-0.3, -0.25) is 14.7 Å². The van der Waals surface area contributed by atoms with E-state index < -0.39 is 18.0 Å². The van der Waals surface area contributed by atoms with Gasteiger partial charge in [0, 0.05) is 52.2 Å². The van der Waals surface area contributed by atoms with Crippen LogP contribution in [0.2, 0.25) is 0 Å². The molecule has 4 aliphatic rings. The predicted molar refractivity (Wildman–Crippen MR) is 136 cm³/mol. The second-order valence-corrected chi connectivity index (χ2v) is 11.4. The number of carbonyl (C=O) groups is 2. The fourth-order valence-corrected chi connectivity index (χ4v) is 7.53. The molecule has 4 unspecified atom stereocenters. The fourth-order valence-electron chi connectivity index (χ4n) is 6.44. The Kier molecular flexibility index (Phi) is 5.98. The van der Waals surface area contributed by atoms with E-state index in [1.807, 2.05) is 29.6 Å². The van der Waals surface area contributed by atoms with E-state index in [0.29, 0.717) is 31.2 Å². The molecule has 1 spiro atoms. The number of aliphatic carboxylic acids is 1. The molecule has 6 rings (SSSR count). The molecule has 3 fully saturated rings. The van der Waals surface area contributed by atoms with E-state index in [9.17, 15) is 14.7 Å². The summed E-state index contributed by atoms with van der Waals surface area (Å²) in [5.74, 6) is -0.466. The molecule has 2 saturated heterocycles. The van der Waals surface area contributed by atoms with Crippen LogP contribution in [-0.2, 0) is 19.1 Å². The molecule has 1 aromatic carbocycles. The van der Waals surface area contributed by atoms with E-state index in [1.54, 1.807) is 6.20 Å². The number of likely N-dealkylation sites (tertiary alicyclic amines) is 1. The van der Waals surface area contributed by atoms with Crippen LogP contribution < -0.4 is 5.32 Å². The average Bonchev–Trinajstić information content (AvgIpc) is 3.55. The second-order valence-electron chi connectivity index (χ2n) is 9.61. The van der Waals surface area contributed by atoms with E-state index >= 15 is 0 Å². The number of carbonyl (C=O) groups excluding carboxylic acids is 1. The first-order valence-electron chi connectivity index (χ1n) is 11.8. The zero-order chi connectivity index (χ0) is 25.0. The van der Waals surface area contributed by atoms with Gasteiger partial charge in [-0.05, 0) is 24.0 Å². The topological polar surface area (TPSA) is 113 Å². The van der Waals surface area contributed by atoms with E-state index in [1.165, 1.54) is 18.4 Å². The first-order chi connectivity index (χ1) is 17.4. The molecule has 4 heterocycles. The first-order valence-corrected chi connectivity index (χ1v) is 13.5. The lowest BCUT2D eigenvalue weighted by atomic mass is 9.46. The largest absolute Gasteiger partial charge is 0.481 e. The van der Waals surface area contributed by atoms with Crippen LogP contribution in [0.1, 0.15) is 29.5 Å². The highest BCUT2D eigenvalue weighted by molar-refractivity contribution is 9.10. The molecular formula is C25H25BrN4O5S. The number of carboxylic acid groups (broad SMARTS) is 1. The molecule has 0 radical (unpaired) electrons. The van der Waals surface area contributed by atoms with Gasteiger partial charge < -0.3 is 19.9 Å². The molecule has 0 bridgehead atoms. The Morgan fingerprint density at radius 3 is 2.92 bits per heavy atom. The van der Waals surface area contributed by atoms with Gasteiger partial charge in [0.1, 0.15) is 6.04 Å². The Morgan fingerprint density at radius 2 is 2.19 bits per heavy atom. The minimum absolute atomic E-state index is 0.104. The monoisotopic (exact) mass is 572 g/mol. The van der Waals surface area contributed by atoms with Crippen molar-refractivity contribution < 1.29 is 24.2 Å². The molecule has 0 amide bonds. The molecule has 9 nitrogen and oxygen atoms in total. The van der Waals surface area contributed by atoms with Crippen LogP contribution in [0.4, 0.5) is 0 Å². The van der Waals surface area contributed by atoms with Crippen molar-refractivity contribution in [1.82, 2.24) is 15.2 Å². The maximum absolute atomic E-state index is 13.2. The molecule has 3 aliphatic heterocycles. The summed E-state index contributed by atoms with van der Waals surface area (Å²) in [5.41, 5.74) is 1.94. The summed E-state index contributed by atoms with van der Waals surface area (Å²) in [5, 5.41) is 15.4. The standard InChI is InChI=1S/C25H25BrN4O5S/c1-34-24(33)20-16(10-30-17-8-13(9-19(31)32)25(17)12-35-11-18(25)30)28-22(23-27-6-7-36-23)29-21(20)14-4-2-3-5-15(14)26/h2-7,13,17-18,21H,8-12H2,1H3,(H,28,29)(H,31,32)/t13?,17?,18?,21-,25?/m0/s1. The number of methoxy groups -OCH3 is 1. The van der Waals surface area contributed by atoms with Gasteiger partial charge >= 0.3 is 11.9 Å². The summed E-state index contributed by atoms with van der Waals surface area (Å²) < 4.78 is 12.0. The average molecular weight is 573 g/mol. The highest BCUT2D eigenvalue weighted by atomic mass is 79.9. The molecule has 2 N–H and O–H groups in total. The van der Waals surface area contributed by atoms with Crippen molar-refractivity contribution >= 4 is 45.0 Å². The van der Waals surface area contributed by atoms with E-state index in [-0.39, 0.29) is 29.8 Å². The molecule has 188 valence electrons. The summed E-state index contributed by atoms with van der Waals surface area (Å²) in [4.78, 5) is 36.3. The Balaban J connectivity index is 1.38. The number of hydrogen-bond donors (Lipinski definition) is 2. The van der Waals surface area contributed by atoms with Crippen LogP contribution in [0.25, 0.3) is 0 Å². The van der Waals surface area contributed by atoms with E-state index in [4.69, 9.17) is 14.5 Å². The Bertz CT molecular complexity index is 1280. The number of carboxylic acids is 1. The normalized spacial score (nSPS) is 30.9. The van der Waals surface area contributed by atoms with Crippen molar-refractivity contribution in [2.75, 3.05) is 26.9 Å². The summed E-state index contributed by atoms with van der Waals surface area (Å²) in [7, 11) is 1.38. The van der Waals surface area contributed by atoms with Gasteiger partial charge in [-0.2, -0.15) is 0 Å². The Labute approximate surface area is 220 Å². The smallest absolute Gasteiger partial charge is 0.338 e. The van der Waals surface area contributed by atoms with Gasteiger partial charge in [-0.15, -0.1) is 11.3 Å².